The summed E-state index contributed by atoms with van der Waals surface area (Å²) in [4.78, 5) is 20.2. The second-order valence-corrected chi connectivity index (χ2v) is 5.59. The first-order chi connectivity index (χ1) is 10.2. The second kappa shape index (κ2) is 6.08. The fraction of sp³-hybridized carbons (Fsp3) is 0.438. The molecule has 2 atom stereocenters. The summed E-state index contributed by atoms with van der Waals surface area (Å²) in [6.07, 6.45) is 6.48. The normalized spacial score (nSPS) is 22.7. The number of rotatable bonds is 3. The Morgan fingerprint density at radius 2 is 2.00 bits per heavy atom. The zero-order valence-corrected chi connectivity index (χ0v) is 11.8. The molecule has 21 heavy (non-hydrogen) atoms. The number of carboxylic acid groups (broad SMARTS) is 1. The molecule has 1 aromatic heterocycles. The van der Waals surface area contributed by atoms with E-state index in [1.165, 1.54) is 0 Å². The number of benzene rings is 1. The highest BCUT2D eigenvalue weighted by Crippen LogP contribution is 2.26. The SMILES string of the molecule is O=C(O)C1CCCCCC1Nc1ncc2ccccc2n1. The van der Waals surface area contributed by atoms with Crippen LogP contribution >= 0.6 is 0 Å². The monoisotopic (exact) mass is 285 g/mol. The second-order valence-electron chi connectivity index (χ2n) is 5.59. The van der Waals surface area contributed by atoms with E-state index in [-0.39, 0.29) is 12.0 Å². The van der Waals surface area contributed by atoms with Crippen molar-refractivity contribution < 1.29 is 9.90 Å². The Bertz CT molecular complexity index is 644. The first-order valence-corrected chi connectivity index (χ1v) is 7.45. The van der Waals surface area contributed by atoms with E-state index in [4.69, 9.17) is 0 Å². The van der Waals surface area contributed by atoms with Crippen molar-refractivity contribution in [1.29, 1.82) is 0 Å². The topological polar surface area (TPSA) is 75.1 Å². The zero-order chi connectivity index (χ0) is 14.7. The van der Waals surface area contributed by atoms with Gasteiger partial charge in [0.1, 0.15) is 0 Å². The lowest BCUT2D eigenvalue weighted by atomic mass is 9.95. The Balaban J connectivity index is 1.83. The van der Waals surface area contributed by atoms with Crippen LogP contribution in [0.3, 0.4) is 0 Å². The van der Waals surface area contributed by atoms with Gasteiger partial charge in [-0.15, -0.1) is 0 Å². The molecule has 1 aliphatic rings. The number of aromatic nitrogens is 2. The Morgan fingerprint density at radius 1 is 1.19 bits per heavy atom. The van der Waals surface area contributed by atoms with Gasteiger partial charge in [-0.05, 0) is 18.9 Å². The predicted octanol–water partition coefficient (Wildman–Crippen LogP) is 3.08. The smallest absolute Gasteiger partial charge is 0.308 e. The van der Waals surface area contributed by atoms with E-state index in [1.54, 1.807) is 6.20 Å². The largest absolute Gasteiger partial charge is 0.481 e. The maximum Gasteiger partial charge on any atom is 0.308 e. The molecule has 2 N–H and O–H groups in total. The molecule has 0 spiro atoms. The number of aliphatic carboxylic acids is 1. The van der Waals surface area contributed by atoms with Crippen molar-refractivity contribution in [3.63, 3.8) is 0 Å². The van der Waals surface area contributed by atoms with Crippen molar-refractivity contribution in [1.82, 2.24) is 9.97 Å². The maximum atomic E-state index is 11.4. The molecule has 0 bridgehead atoms. The predicted molar refractivity (Wildman–Crippen MR) is 81.2 cm³/mol. The number of hydrogen-bond donors (Lipinski definition) is 2. The van der Waals surface area contributed by atoms with Gasteiger partial charge in [-0.1, -0.05) is 37.5 Å². The summed E-state index contributed by atoms with van der Waals surface area (Å²) in [5.41, 5.74) is 0.871. The lowest BCUT2D eigenvalue weighted by Crippen LogP contribution is -2.34. The average Bonchev–Trinajstić information content (AvgIpc) is 2.72. The van der Waals surface area contributed by atoms with Crippen molar-refractivity contribution in [3.05, 3.63) is 30.5 Å². The third-order valence-corrected chi connectivity index (χ3v) is 4.14. The van der Waals surface area contributed by atoms with Gasteiger partial charge in [0.2, 0.25) is 5.95 Å². The fourth-order valence-electron chi connectivity index (χ4n) is 2.98. The van der Waals surface area contributed by atoms with Crippen molar-refractivity contribution in [3.8, 4) is 0 Å². The number of carboxylic acids is 1. The van der Waals surface area contributed by atoms with Gasteiger partial charge in [0.15, 0.2) is 0 Å². The van der Waals surface area contributed by atoms with Crippen LogP contribution in [0, 0.1) is 5.92 Å². The number of fused-ring (bicyclic) bond motifs is 1. The Morgan fingerprint density at radius 3 is 2.86 bits per heavy atom. The number of hydrogen-bond acceptors (Lipinski definition) is 4. The molecule has 1 heterocycles. The van der Waals surface area contributed by atoms with Crippen LogP contribution in [0.15, 0.2) is 30.5 Å². The molecule has 1 saturated carbocycles. The number of anilines is 1. The van der Waals surface area contributed by atoms with Crippen LogP contribution in [0.1, 0.15) is 32.1 Å². The van der Waals surface area contributed by atoms with Crippen molar-refractivity contribution >= 4 is 22.8 Å². The quantitative estimate of drug-likeness (QED) is 0.848. The summed E-state index contributed by atoms with van der Waals surface area (Å²) in [6, 6.07) is 7.69. The Hall–Kier alpha value is -2.17. The summed E-state index contributed by atoms with van der Waals surface area (Å²) >= 11 is 0. The van der Waals surface area contributed by atoms with Gasteiger partial charge in [0.25, 0.3) is 0 Å². The minimum absolute atomic E-state index is 0.0915. The Kier molecular flexibility index (Phi) is 3.99. The van der Waals surface area contributed by atoms with E-state index >= 15 is 0 Å². The molecule has 3 rings (SSSR count). The van der Waals surface area contributed by atoms with Crippen LogP contribution in [0.4, 0.5) is 5.95 Å². The van der Waals surface area contributed by atoms with Gasteiger partial charge in [-0.3, -0.25) is 4.79 Å². The van der Waals surface area contributed by atoms with Gasteiger partial charge in [0.05, 0.1) is 11.4 Å². The van der Waals surface area contributed by atoms with E-state index < -0.39 is 5.97 Å². The fourth-order valence-corrected chi connectivity index (χ4v) is 2.98. The Labute approximate surface area is 123 Å². The molecule has 5 nitrogen and oxygen atoms in total. The third kappa shape index (κ3) is 3.12. The van der Waals surface area contributed by atoms with E-state index in [0.717, 1.165) is 43.0 Å². The molecule has 1 aromatic carbocycles. The third-order valence-electron chi connectivity index (χ3n) is 4.14. The first-order valence-electron chi connectivity index (χ1n) is 7.45. The molecule has 1 fully saturated rings. The molecule has 0 aliphatic heterocycles. The summed E-state index contributed by atoms with van der Waals surface area (Å²) in [5.74, 6) is -0.565. The van der Waals surface area contributed by atoms with Gasteiger partial charge < -0.3 is 10.4 Å². The van der Waals surface area contributed by atoms with E-state index in [2.05, 4.69) is 15.3 Å². The molecule has 0 radical (unpaired) electrons. The summed E-state index contributed by atoms with van der Waals surface area (Å²) in [7, 11) is 0. The first kappa shape index (κ1) is 13.8. The lowest BCUT2D eigenvalue weighted by Gasteiger charge is -2.22. The number of nitrogens with one attached hydrogen (secondary N) is 1. The summed E-state index contributed by atoms with van der Waals surface area (Å²) < 4.78 is 0. The van der Waals surface area contributed by atoms with E-state index in [9.17, 15) is 9.90 Å². The maximum absolute atomic E-state index is 11.4. The molecule has 0 amide bonds. The van der Waals surface area contributed by atoms with Crippen LogP contribution in [0.25, 0.3) is 10.9 Å². The molecule has 2 aromatic rings. The standard InChI is InChI=1S/C16H19N3O2/c20-15(21)12-7-2-1-3-9-14(12)19-16-17-10-11-6-4-5-8-13(11)18-16/h4-6,8,10,12,14H,1-3,7,9H2,(H,20,21)(H,17,18,19). The average molecular weight is 285 g/mol. The molecule has 5 heteroatoms. The van der Waals surface area contributed by atoms with Crippen molar-refractivity contribution in [2.24, 2.45) is 5.92 Å². The number of nitrogens with zero attached hydrogens (tertiary/aromatic N) is 2. The van der Waals surface area contributed by atoms with Gasteiger partial charge in [-0.2, -0.15) is 0 Å². The lowest BCUT2D eigenvalue weighted by molar-refractivity contribution is -0.142. The highest BCUT2D eigenvalue weighted by Gasteiger charge is 2.29. The van der Waals surface area contributed by atoms with E-state index in [1.807, 2.05) is 24.3 Å². The number of carbonyl (C=O) groups is 1. The van der Waals surface area contributed by atoms with Crippen LogP contribution < -0.4 is 5.32 Å². The van der Waals surface area contributed by atoms with Crippen LogP contribution in [0.5, 0.6) is 0 Å². The summed E-state index contributed by atoms with van der Waals surface area (Å²) in [6.45, 7) is 0. The molecule has 110 valence electrons. The van der Waals surface area contributed by atoms with Crippen molar-refractivity contribution in [2.75, 3.05) is 5.32 Å². The minimum Gasteiger partial charge on any atom is -0.481 e. The summed E-state index contributed by atoms with van der Waals surface area (Å²) in [5, 5.41) is 13.6. The minimum atomic E-state index is -0.727. The van der Waals surface area contributed by atoms with Gasteiger partial charge >= 0.3 is 5.97 Å². The van der Waals surface area contributed by atoms with E-state index in [0.29, 0.717) is 5.95 Å². The van der Waals surface area contributed by atoms with Crippen LogP contribution in [-0.2, 0) is 4.79 Å². The molecule has 2 unspecified atom stereocenters. The number of para-hydroxylation sites is 1. The van der Waals surface area contributed by atoms with Gasteiger partial charge in [0, 0.05) is 17.6 Å². The zero-order valence-electron chi connectivity index (χ0n) is 11.8. The van der Waals surface area contributed by atoms with Crippen molar-refractivity contribution in [2.45, 2.75) is 38.1 Å². The highest BCUT2D eigenvalue weighted by molar-refractivity contribution is 5.78. The molecular formula is C16H19N3O2. The molecular weight excluding hydrogens is 266 g/mol. The van der Waals surface area contributed by atoms with Crippen LogP contribution in [-0.4, -0.2) is 27.1 Å². The molecule has 0 saturated heterocycles. The van der Waals surface area contributed by atoms with Crippen LogP contribution in [0.2, 0.25) is 0 Å². The van der Waals surface area contributed by atoms with Gasteiger partial charge in [-0.25, -0.2) is 9.97 Å². The highest BCUT2D eigenvalue weighted by atomic mass is 16.4. The molecule has 1 aliphatic carbocycles.